The lowest BCUT2D eigenvalue weighted by Gasteiger charge is -2.03. The van der Waals surface area contributed by atoms with E-state index in [0.29, 0.717) is 0 Å². The minimum absolute atomic E-state index is 0.866. The van der Waals surface area contributed by atoms with Crippen molar-refractivity contribution in [3.05, 3.63) is 101 Å². The Bertz CT molecular complexity index is 975. The summed E-state index contributed by atoms with van der Waals surface area (Å²) in [5, 5.41) is 1.78. The van der Waals surface area contributed by atoms with E-state index in [0.717, 1.165) is 33.0 Å². The van der Waals surface area contributed by atoms with E-state index in [1.807, 2.05) is 66.7 Å². The van der Waals surface area contributed by atoms with Gasteiger partial charge in [0.25, 0.3) is 0 Å². The highest BCUT2D eigenvalue weighted by Crippen LogP contribution is 2.17. The van der Waals surface area contributed by atoms with Gasteiger partial charge in [0.1, 0.15) is 0 Å². The van der Waals surface area contributed by atoms with E-state index in [2.05, 4.69) is 37.4 Å². The summed E-state index contributed by atoms with van der Waals surface area (Å²) >= 11 is 0. The molecule has 0 bridgehead atoms. The predicted octanol–water partition coefficient (Wildman–Crippen LogP) is 4.36. The summed E-state index contributed by atoms with van der Waals surface area (Å²) in [6.45, 7) is 8.28. The fourth-order valence-electron chi connectivity index (χ4n) is 2.48. The van der Waals surface area contributed by atoms with Gasteiger partial charge in [-0.3, -0.25) is 0 Å². The fraction of sp³-hybridized carbons (Fsp3) is 0. The Kier molecular flexibility index (Phi) is 4.83. The number of hydrogen-bond donors (Lipinski definition) is 0. The fourth-order valence-corrected chi connectivity index (χ4v) is 2.48. The molecule has 2 aromatic carbocycles. The van der Waals surface area contributed by atoms with Crippen molar-refractivity contribution in [2.45, 2.75) is 0 Å². The molecule has 0 radical (unpaired) electrons. The normalized spacial score (nSPS) is 10.0. The smallest absolute Gasteiger partial charge is 0.0775 e. The van der Waals surface area contributed by atoms with Crippen LogP contribution in [0.3, 0.4) is 0 Å². The minimum Gasteiger partial charge on any atom is -0.247 e. The molecule has 0 saturated carbocycles. The van der Waals surface area contributed by atoms with E-state index in [-0.39, 0.29) is 0 Å². The summed E-state index contributed by atoms with van der Waals surface area (Å²) in [6, 6.07) is 30.2. The van der Waals surface area contributed by atoms with Gasteiger partial charge < -0.3 is 0 Å². The standard InChI is InChI=1S/C23H19N/c1-18-11-9-10-12-19(2)23(21-15-7-4-8-16-21)24-22(17-18)20-13-5-3-6-14-20/h3-17H,1-2H2. The first-order valence-electron chi connectivity index (χ1n) is 7.88. The molecule has 1 heteroatoms. The molecule has 0 saturated heterocycles. The molecule has 0 spiro atoms. The average molecular weight is 309 g/mol. The molecule has 0 amide bonds. The van der Waals surface area contributed by atoms with Crippen molar-refractivity contribution in [2.75, 3.05) is 0 Å². The van der Waals surface area contributed by atoms with Crippen LogP contribution < -0.4 is 10.4 Å². The van der Waals surface area contributed by atoms with E-state index >= 15 is 0 Å². The molecule has 116 valence electrons. The topological polar surface area (TPSA) is 12.9 Å². The van der Waals surface area contributed by atoms with E-state index < -0.39 is 0 Å². The van der Waals surface area contributed by atoms with E-state index in [4.69, 9.17) is 4.98 Å². The Morgan fingerprint density at radius 2 is 1.12 bits per heavy atom. The largest absolute Gasteiger partial charge is 0.247 e. The molecule has 0 fully saturated rings. The van der Waals surface area contributed by atoms with Crippen LogP contribution in [0, 0.1) is 0 Å². The first-order valence-corrected chi connectivity index (χ1v) is 7.88. The van der Waals surface area contributed by atoms with E-state index in [1.165, 1.54) is 0 Å². The molecule has 0 unspecified atom stereocenters. The first-order chi connectivity index (χ1) is 11.7. The van der Waals surface area contributed by atoms with Crippen LogP contribution in [0.25, 0.3) is 35.7 Å². The van der Waals surface area contributed by atoms with Gasteiger partial charge in [-0.05, 0) is 16.5 Å². The highest BCUT2D eigenvalue weighted by Gasteiger charge is 2.01. The lowest BCUT2D eigenvalue weighted by molar-refractivity contribution is 1.32. The van der Waals surface area contributed by atoms with Gasteiger partial charge in [0.2, 0.25) is 0 Å². The molecule has 0 aliphatic carbocycles. The van der Waals surface area contributed by atoms with Crippen molar-refractivity contribution >= 4 is 13.2 Å². The minimum atomic E-state index is 0.866. The monoisotopic (exact) mass is 309 g/mol. The lowest BCUT2D eigenvalue weighted by atomic mass is 10.1. The van der Waals surface area contributed by atoms with Crippen molar-refractivity contribution in [1.29, 1.82) is 0 Å². The molecule has 1 aromatic heterocycles. The van der Waals surface area contributed by atoms with Crippen molar-refractivity contribution in [1.82, 2.24) is 4.98 Å². The third-order valence-corrected chi connectivity index (χ3v) is 3.69. The van der Waals surface area contributed by atoms with Crippen LogP contribution >= 0.6 is 0 Å². The molecule has 0 atom stereocenters. The molecule has 0 aliphatic rings. The SMILES string of the molecule is C=c1ccccc(=C)c(-c2ccccc2)nc(-c2ccccc2)c1. The molecule has 1 heterocycles. The second-order valence-corrected chi connectivity index (χ2v) is 5.54. The van der Waals surface area contributed by atoms with Gasteiger partial charge in [-0.1, -0.05) is 98.1 Å². The summed E-state index contributed by atoms with van der Waals surface area (Å²) in [7, 11) is 0. The summed E-state index contributed by atoms with van der Waals surface area (Å²) in [5.41, 5.74) is 3.84. The van der Waals surface area contributed by atoms with Crippen LogP contribution in [0.2, 0.25) is 0 Å². The van der Waals surface area contributed by atoms with Crippen molar-refractivity contribution in [3.8, 4) is 22.5 Å². The van der Waals surface area contributed by atoms with Gasteiger partial charge in [-0.15, -0.1) is 0 Å². The Labute approximate surface area is 142 Å². The number of nitrogens with zero attached hydrogens (tertiary/aromatic N) is 1. The van der Waals surface area contributed by atoms with Gasteiger partial charge in [0.15, 0.2) is 0 Å². The first kappa shape index (κ1) is 15.7. The van der Waals surface area contributed by atoms with Gasteiger partial charge in [-0.25, -0.2) is 4.98 Å². The van der Waals surface area contributed by atoms with Gasteiger partial charge in [0.05, 0.1) is 11.4 Å². The quantitative estimate of drug-likeness (QED) is 0.685. The zero-order valence-electron chi connectivity index (χ0n) is 13.5. The van der Waals surface area contributed by atoms with Crippen molar-refractivity contribution < 1.29 is 0 Å². The molecule has 0 N–H and O–H groups in total. The second kappa shape index (κ2) is 7.38. The summed E-state index contributed by atoms with van der Waals surface area (Å²) in [5.74, 6) is 0. The average Bonchev–Trinajstić information content (AvgIpc) is 2.63. The van der Waals surface area contributed by atoms with Crippen molar-refractivity contribution in [3.63, 3.8) is 0 Å². The molecule has 24 heavy (non-hydrogen) atoms. The molecule has 0 aliphatic heterocycles. The molecular weight excluding hydrogens is 290 g/mol. The lowest BCUT2D eigenvalue weighted by Crippen LogP contribution is -2.04. The maximum atomic E-state index is 4.94. The summed E-state index contributed by atoms with van der Waals surface area (Å²) in [4.78, 5) is 4.94. The highest BCUT2D eigenvalue weighted by atomic mass is 14.7. The second-order valence-electron chi connectivity index (χ2n) is 5.54. The Hall–Kier alpha value is -3.19. The number of benzene rings is 2. The van der Waals surface area contributed by atoms with E-state index in [9.17, 15) is 0 Å². The third kappa shape index (κ3) is 3.76. The number of hydrogen-bond acceptors (Lipinski definition) is 1. The Balaban J connectivity index is 2.38. The van der Waals surface area contributed by atoms with Gasteiger partial charge in [-0.2, -0.15) is 0 Å². The van der Waals surface area contributed by atoms with Gasteiger partial charge in [0, 0.05) is 11.1 Å². The Morgan fingerprint density at radius 3 is 1.79 bits per heavy atom. The highest BCUT2D eigenvalue weighted by molar-refractivity contribution is 5.65. The Morgan fingerprint density at radius 1 is 0.583 bits per heavy atom. The molecule has 3 aromatic rings. The number of rotatable bonds is 2. The summed E-state index contributed by atoms with van der Waals surface area (Å²) in [6.07, 6.45) is 0. The molecule has 1 nitrogen and oxygen atoms in total. The zero-order chi connectivity index (χ0) is 16.8. The van der Waals surface area contributed by atoms with Crippen LogP contribution in [0.4, 0.5) is 0 Å². The zero-order valence-corrected chi connectivity index (χ0v) is 13.5. The van der Waals surface area contributed by atoms with Crippen LogP contribution in [-0.4, -0.2) is 4.98 Å². The number of aromatic nitrogens is 1. The van der Waals surface area contributed by atoms with E-state index in [1.54, 1.807) is 0 Å². The summed E-state index contributed by atoms with van der Waals surface area (Å²) < 4.78 is 0. The van der Waals surface area contributed by atoms with Crippen LogP contribution in [0.15, 0.2) is 91.0 Å². The third-order valence-electron chi connectivity index (χ3n) is 3.69. The van der Waals surface area contributed by atoms with Crippen LogP contribution in [0.5, 0.6) is 0 Å². The molecular formula is C23H19N. The van der Waals surface area contributed by atoms with Gasteiger partial charge >= 0.3 is 0 Å². The van der Waals surface area contributed by atoms with Crippen LogP contribution in [-0.2, 0) is 0 Å². The van der Waals surface area contributed by atoms with Crippen molar-refractivity contribution in [2.24, 2.45) is 0 Å². The maximum Gasteiger partial charge on any atom is 0.0775 e. The maximum absolute atomic E-state index is 4.94. The predicted molar refractivity (Wildman–Crippen MR) is 103 cm³/mol. The van der Waals surface area contributed by atoms with Crippen LogP contribution in [0.1, 0.15) is 0 Å². The molecule has 3 rings (SSSR count).